The first-order chi connectivity index (χ1) is 17.5. The van der Waals surface area contributed by atoms with Crippen LogP contribution in [0.5, 0.6) is 0 Å². The van der Waals surface area contributed by atoms with Crippen LogP contribution in [0.2, 0.25) is 0 Å². The van der Waals surface area contributed by atoms with Crippen molar-refractivity contribution in [3.05, 3.63) is 65.7 Å². The van der Waals surface area contributed by atoms with Gasteiger partial charge in [0.05, 0.1) is 35.7 Å². The number of aromatic nitrogens is 3. The van der Waals surface area contributed by atoms with Crippen molar-refractivity contribution in [3.63, 3.8) is 0 Å². The topological polar surface area (TPSA) is 173 Å². The second kappa shape index (κ2) is 10.0. The van der Waals surface area contributed by atoms with E-state index < -0.39 is 53.3 Å². The van der Waals surface area contributed by atoms with E-state index in [1.165, 1.54) is 31.5 Å². The van der Waals surface area contributed by atoms with Gasteiger partial charge in [0.25, 0.3) is 5.91 Å². The molecule has 0 radical (unpaired) electrons. The first-order valence-corrected chi connectivity index (χ1v) is 11.2. The summed E-state index contributed by atoms with van der Waals surface area (Å²) in [4.78, 5) is 35.8. The maximum absolute atomic E-state index is 14.4. The number of anilines is 2. The zero-order valence-electron chi connectivity index (χ0n) is 19.8. The van der Waals surface area contributed by atoms with Crippen LogP contribution in [0.4, 0.5) is 25.1 Å². The predicted molar refractivity (Wildman–Crippen MR) is 127 cm³/mol. The van der Waals surface area contributed by atoms with Crippen molar-refractivity contribution in [2.75, 3.05) is 11.1 Å². The third-order valence-corrected chi connectivity index (χ3v) is 6.30. The van der Waals surface area contributed by atoms with Crippen molar-refractivity contribution in [2.24, 2.45) is 0 Å². The summed E-state index contributed by atoms with van der Waals surface area (Å²) in [5.41, 5.74) is 3.77. The van der Waals surface area contributed by atoms with E-state index in [1.54, 1.807) is 13.0 Å². The van der Waals surface area contributed by atoms with E-state index >= 15 is 0 Å². The third kappa shape index (κ3) is 5.32. The molecule has 4 rings (SSSR count). The SMILES string of the molecule is C[C@H]1O[C@@H](c2ccncc2NC(=O)c2ccc(F)c(-c3ccc(N)nc3F)n2)C[C@@H](NC(=O)O)[C@]1(C)O. The Labute approximate surface area is 209 Å². The van der Waals surface area contributed by atoms with Crippen LogP contribution in [0.1, 0.15) is 42.4 Å². The van der Waals surface area contributed by atoms with Gasteiger partial charge in [-0.1, -0.05) is 0 Å². The fraction of sp³-hybridized carbons (Fsp3) is 0.292. The van der Waals surface area contributed by atoms with E-state index in [2.05, 4.69) is 25.6 Å². The van der Waals surface area contributed by atoms with Gasteiger partial charge in [0, 0.05) is 18.2 Å². The zero-order valence-corrected chi connectivity index (χ0v) is 19.8. The Morgan fingerprint density at radius 3 is 2.65 bits per heavy atom. The van der Waals surface area contributed by atoms with E-state index in [0.717, 1.165) is 12.1 Å². The molecule has 1 aliphatic rings. The number of nitrogens with one attached hydrogen (secondary N) is 2. The molecule has 3 aromatic rings. The van der Waals surface area contributed by atoms with Crippen LogP contribution in [-0.2, 0) is 4.74 Å². The average Bonchev–Trinajstić information content (AvgIpc) is 2.83. The van der Waals surface area contributed by atoms with Gasteiger partial charge in [-0.05, 0) is 44.2 Å². The Morgan fingerprint density at radius 1 is 1.19 bits per heavy atom. The van der Waals surface area contributed by atoms with Gasteiger partial charge in [-0.25, -0.2) is 19.2 Å². The Hall–Kier alpha value is -4.23. The van der Waals surface area contributed by atoms with Crippen molar-refractivity contribution < 1.29 is 33.3 Å². The number of nitrogens with zero attached hydrogens (tertiary/aromatic N) is 3. The van der Waals surface area contributed by atoms with Crippen LogP contribution < -0.4 is 16.4 Å². The lowest BCUT2D eigenvalue weighted by atomic mass is 9.82. The van der Waals surface area contributed by atoms with Crippen molar-refractivity contribution >= 4 is 23.5 Å². The molecule has 0 saturated carbocycles. The summed E-state index contributed by atoms with van der Waals surface area (Å²) < 4.78 is 34.7. The minimum absolute atomic E-state index is 0.0683. The molecule has 4 heterocycles. The monoisotopic (exact) mass is 514 g/mol. The average molecular weight is 514 g/mol. The largest absolute Gasteiger partial charge is 0.465 e. The molecule has 6 N–H and O–H groups in total. The summed E-state index contributed by atoms with van der Waals surface area (Å²) in [6, 6.07) is 5.33. The number of carbonyl (C=O) groups excluding carboxylic acids is 1. The van der Waals surface area contributed by atoms with Gasteiger partial charge in [-0.15, -0.1) is 0 Å². The number of nitrogens with two attached hydrogens (primary N) is 1. The molecular formula is C24H24F2N6O5. The normalized spacial score (nSPS) is 23.3. The molecule has 0 unspecified atom stereocenters. The molecular weight excluding hydrogens is 490 g/mol. The summed E-state index contributed by atoms with van der Waals surface area (Å²) in [5, 5.41) is 24.9. The van der Waals surface area contributed by atoms with Crippen LogP contribution in [0.3, 0.4) is 0 Å². The minimum Gasteiger partial charge on any atom is -0.465 e. The van der Waals surface area contributed by atoms with Crippen molar-refractivity contribution in [1.82, 2.24) is 20.3 Å². The van der Waals surface area contributed by atoms with E-state index in [-0.39, 0.29) is 29.2 Å². The maximum atomic E-state index is 14.4. The van der Waals surface area contributed by atoms with Crippen LogP contribution in [0.25, 0.3) is 11.3 Å². The Kier molecular flexibility index (Phi) is 7.01. The lowest BCUT2D eigenvalue weighted by Crippen LogP contribution is -2.60. The van der Waals surface area contributed by atoms with Gasteiger partial charge in [-0.2, -0.15) is 4.39 Å². The Bertz CT molecular complexity index is 1350. The van der Waals surface area contributed by atoms with Crippen LogP contribution in [0, 0.1) is 11.8 Å². The molecule has 1 fully saturated rings. The molecule has 1 aliphatic heterocycles. The molecule has 0 aromatic carbocycles. The number of carboxylic acid groups (broad SMARTS) is 1. The highest BCUT2D eigenvalue weighted by atomic mass is 19.1. The third-order valence-electron chi connectivity index (χ3n) is 6.30. The Morgan fingerprint density at radius 2 is 1.95 bits per heavy atom. The Balaban J connectivity index is 1.61. The number of nitrogen functional groups attached to an aromatic ring is 1. The molecule has 13 heteroatoms. The van der Waals surface area contributed by atoms with Crippen molar-refractivity contribution in [3.8, 4) is 11.3 Å². The number of carbonyl (C=O) groups is 2. The first-order valence-electron chi connectivity index (χ1n) is 11.2. The minimum atomic E-state index is -1.48. The summed E-state index contributed by atoms with van der Waals surface area (Å²) in [6.45, 7) is 3.08. The fourth-order valence-electron chi connectivity index (χ4n) is 4.09. The van der Waals surface area contributed by atoms with Crippen molar-refractivity contribution in [1.29, 1.82) is 0 Å². The van der Waals surface area contributed by atoms with E-state index in [4.69, 9.17) is 10.5 Å². The van der Waals surface area contributed by atoms with E-state index in [0.29, 0.717) is 5.56 Å². The van der Waals surface area contributed by atoms with E-state index in [1.807, 2.05) is 0 Å². The maximum Gasteiger partial charge on any atom is 0.404 e. The fourth-order valence-corrected chi connectivity index (χ4v) is 4.09. The highest BCUT2D eigenvalue weighted by molar-refractivity contribution is 6.03. The van der Waals surface area contributed by atoms with Gasteiger partial charge in [0.1, 0.15) is 28.6 Å². The van der Waals surface area contributed by atoms with E-state index in [9.17, 15) is 28.6 Å². The number of hydrogen-bond acceptors (Lipinski definition) is 8. The molecule has 3 aromatic heterocycles. The molecule has 0 spiro atoms. The van der Waals surface area contributed by atoms with Crippen LogP contribution >= 0.6 is 0 Å². The summed E-state index contributed by atoms with van der Waals surface area (Å²) in [5.74, 6) is -2.74. The summed E-state index contributed by atoms with van der Waals surface area (Å²) in [7, 11) is 0. The highest BCUT2D eigenvalue weighted by Gasteiger charge is 2.46. The predicted octanol–water partition coefficient (Wildman–Crippen LogP) is 2.89. The van der Waals surface area contributed by atoms with Crippen molar-refractivity contribution in [2.45, 2.75) is 44.1 Å². The van der Waals surface area contributed by atoms with Gasteiger partial charge in [0.2, 0.25) is 5.95 Å². The molecule has 1 saturated heterocycles. The molecule has 2 amide bonds. The van der Waals surface area contributed by atoms with Crippen LogP contribution in [0.15, 0.2) is 42.7 Å². The summed E-state index contributed by atoms with van der Waals surface area (Å²) >= 11 is 0. The standard InChI is InChI=1S/C24H24F2N6O5/c1-11-24(2,36)18(31-23(34)35)9-17(37-11)12-7-8-28-10-16(12)30-22(33)15-5-4-14(25)20(29-15)13-3-6-19(27)32-21(13)26/h3-8,10-11,17-18,31,36H,9H2,1-2H3,(H2,27,32)(H,30,33)(H,34,35)/t11-,17-,18-,24-/m1/s1. The quantitative estimate of drug-likeness (QED) is 0.321. The molecule has 37 heavy (non-hydrogen) atoms. The van der Waals surface area contributed by atoms with Gasteiger partial charge in [-0.3, -0.25) is 9.78 Å². The lowest BCUT2D eigenvalue weighted by molar-refractivity contribution is -0.176. The second-order valence-electron chi connectivity index (χ2n) is 8.75. The number of hydrogen-bond donors (Lipinski definition) is 5. The molecule has 0 bridgehead atoms. The number of amides is 2. The number of rotatable bonds is 5. The molecule has 4 atom stereocenters. The number of pyridine rings is 3. The molecule has 194 valence electrons. The molecule has 11 nitrogen and oxygen atoms in total. The first kappa shape index (κ1) is 25.9. The number of halogens is 2. The molecule has 0 aliphatic carbocycles. The smallest absolute Gasteiger partial charge is 0.404 e. The van der Waals surface area contributed by atoms with Gasteiger partial charge >= 0.3 is 6.09 Å². The van der Waals surface area contributed by atoms with Crippen LogP contribution in [-0.4, -0.2) is 54.9 Å². The summed E-state index contributed by atoms with van der Waals surface area (Å²) in [6.07, 6.45) is 0.130. The second-order valence-corrected chi connectivity index (χ2v) is 8.75. The highest BCUT2D eigenvalue weighted by Crippen LogP contribution is 2.39. The zero-order chi connectivity index (χ0) is 26.9. The lowest BCUT2D eigenvalue weighted by Gasteiger charge is -2.45. The number of ether oxygens (including phenoxy) is 1. The van der Waals surface area contributed by atoms with Gasteiger partial charge < -0.3 is 31.3 Å². The van der Waals surface area contributed by atoms with Gasteiger partial charge in [0.15, 0.2) is 0 Å². The number of aliphatic hydroxyl groups is 1.